The molecule has 2 rings (SSSR count). The van der Waals surface area contributed by atoms with Gasteiger partial charge in [-0.3, -0.25) is 4.79 Å². The first-order valence-corrected chi connectivity index (χ1v) is 8.11. The molecule has 20 heavy (non-hydrogen) atoms. The lowest BCUT2D eigenvalue weighted by molar-refractivity contribution is 0.0927. The van der Waals surface area contributed by atoms with Gasteiger partial charge < -0.3 is 0 Å². The van der Waals surface area contributed by atoms with Crippen LogP contribution in [-0.2, 0) is 10.0 Å². The van der Waals surface area contributed by atoms with E-state index in [0.29, 0.717) is 18.5 Å². The molecule has 1 atom stereocenters. The van der Waals surface area contributed by atoms with Gasteiger partial charge in [-0.15, -0.1) is 0 Å². The average Bonchev–Trinajstić information content (AvgIpc) is 2.88. The van der Waals surface area contributed by atoms with E-state index in [1.807, 2.05) is 0 Å². The van der Waals surface area contributed by atoms with Crippen molar-refractivity contribution in [2.45, 2.75) is 25.5 Å². The van der Waals surface area contributed by atoms with Gasteiger partial charge in [0.2, 0.25) is 10.0 Å². The summed E-state index contributed by atoms with van der Waals surface area (Å²) >= 11 is 0. The highest BCUT2D eigenvalue weighted by atomic mass is 32.2. The van der Waals surface area contributed by atoms with Crippen LogP contribution in [-0.4, -0.2) is 36.8 Å². The molecule has 0 aliphatic carbocycles. The minimum Gasteiger partial charge on any atom is -0.294 e. The third-order valence-corrected chi connectivity index (χ3v) is 5.85. The van der Waals surface area contributed by atoms with Crippen LogP contribution < -0.4 is 0 Å². The van der Waals surface area contributed by atoms with Crippen molar-refractivity contribution < 1.29 is 17.6 Å². The van der Waals surface area contributed by atoms with E-state index in [1.165, 1.54) is 28.6 Å². The number of ketones is 1. The summed E-state index contributed by atoms with van der Waals surface area (Å²) in [4.78, 5) is 12.3. The fourth-order valence-electron chi connectivity index (χ4n) is 2.32. The number of rotatable bonds is 4. The number of Topliss-reactive ketones (excluding diaryl/α,β-unsaturated/α-hetero) is 1. The van der Waals surface area contributed by atoms with Crippen molar-refractivity contribution in [3.8, 4) is 0 Å². The molecule has 1 aliphatic heterocycles. The van der Waals surface area contributed by atoms with Gasteiger partial charge in [-0.25, -0.2) is 17.1 Å². The van der Waals surface area contributed by atoms with Crippen LogP contribution in [0.4, 0.5) is 4.39 Å². The first kappa shape index (κ1) is 15.1. The van der Waals surface area contributed by atoms with Gasteiger partial charge in [0.1, 0.15) is 5.82 Å². The zero-order valence-electron chi connectivity index (χ0n) is 11.5. The fourth-order valence-corrected chi connectivity index (χ4v) is 3.67. The van der Waals surface area contributed by atoms with Crippen molar-refractivity contribution in [1.82, 2.24) is 4.31 Å². The molecule has 1 aromatic rings. The number of carbonyl (C=O) groups is 1. The molecule has 0 unspecified atom stereocenters. The van der Waals surface area contributed by atoms with Crippen LogP contribution in [0.15, 0.2) is 24.3 Å². The number of halogens is 1. The van der Waals surface area contributed by atoms with E-state index in [0.717, 1.165) is 0 Å². The first-order chi connectivity index (χ1) is 9.32. The van der Waals surface area contributed by atoms with Gasteiger partial charge in [-0.2, -0.15) is 0 Å². The van der Waals surface area contributed by atoms with Crippen LogP contribution in [0.1, 0.15) is 30.6 Å². The molecule has 0 amide bonds. The Labute approximate surface area is 118 Å². The monoisotopic (exact) mass is 299 g/mol. The van der Waals surface area contributed by atoms with Gasteiger partial charge in [-0.1, -0.05) is 0 Å². The van der Waals surface area contributed by atoms with Crippen molar-refractivity contribution in [1.29, 1.82) is 0 Å². The lowest BCUT2D eigenvalue weighted by atomic mass is 9.97. The van der Waals surface area contributed by atoms with Gasteiger partial charge in [-0.05, 0) is 44.5 Å². The number of hydrogen-bond donors (Lipinski definition) is 0. The topological polar surface area (TPSA) is 54.5 Å². The van der Waals surface area contributed by atoms with Crippen molar-refractivity contribution in [2.75, 3.05) is 13.1 Å². The van der Waals surface area contributed by atoms with E-state index in [9.17, 15) is 17.6 Å². The third kappa shape index (κ3) is 2.91. The van der Waals surface area contributed by atoms with E-state index in [4.69, 9.17) is 0 Å². The maximum absolute atomic E-state index is 12.8. The molecule has 0 aromatic heterocycles. The van der Waals surface area contributed by atoms with Gasteiger partial charge in [0.05, 0.1) is 5.25 Å². The van der Waals surface area contributed by atoms with Gasteiger partial charge in [0, 0.05) is 24.6 Å². The summed E-state index contributed by atoms with van der Waals surface area (Å²) in [5.74, 6) is -0.850. The smallest absolute Gasteiger partial charge is 0.216 e. The van der Waals surface area contributed by atoms with E-state index in [1.54, 1.807) is 13.8 Å². The summed E-state index contributed by atoms with van der Waals surface area (Å²) in [6.07, 6.45) is 0.516. The number of hydrogen-bond acceptors (Lipinski definition) is 3. The van der Waals surface area contributed by atoms with Crippen LogP contribution in [0, 0.1) is 11.7 Å². The fraction of sp³-hybridized carbons (Fsp3) is 0.500. The highest BCUT2D eigenvalue weighted by molar-refractivity contribution is 7.89. The van der Waals surface area contributed by atoms with Crippen molar-refractivity contribution >= 4 is 15.8 Å². The van der Waals surface area contributed by atoms with Crippen molar-refractivity contribution in [3.63, 3.8) is 0 Å². The molecule has 0 saturated carbocycles. The number of carbonyl (C=O) groups excluding carboxylic acids is 1. The molecule has 1 saturated heterocycles. The molecule has 1 aliphatic rings. The first-order valence-electron chi connectivity index (χ1n) is 6.61. The minimum absolute atomic E-state index is 0.119. The van der Waals surface area contributed by atoms with Crippen LogP contribution in [0.5, 0.6) is 0 Å². The highest BCUT2D eigenvalue weighted by Gasteiger charge is 2.36. The van der Waals surface area contributed by atoms with Gasteiger partial charge in [0.15, 0.2) is 5.78 Å². The Balaban J connectivity index is 2.10. The van der Waals surface area contributed by atoms with Crippen LogP contribution in [0.25, 0.3) is 0 Å². The Morgan fingerprint density at radius 3 is 2.45 bits per heavy atom. The molecule has 110 valence electrons. The van der Waals surface area contributed by atoms with Crippen LogP contribution in [0.3, 0.4) is 0 Å². The standard InChI is InChI=1S/C14H18FNO3S/c1-10(2)20(18,19)16-8-7-12(9-16)14(17)11-3-5-13(15)6-4-11/h3-6,10,12H,7-9H2,1-2H3/t12-/m0/s1. The average molecular weight is 299 g/mol. The number of nitrogens with zero attached hydrogens (tertiary/aromatic N) is 1. The molecule has 4 nitrogen and oxygen atoms in total. The van der Waals surface area contributed by atoms with Gasteiger partial charge in [0.25, 0.3) is 0 Å². The molecule has 1 fully saturated rings. The molecule has 0 radical (unpaired) electrons. The van der Waals surface area contributed by atoms with E-state index in [-0.39, 0.29) is 18.2 Å². The van der Waals surface area contributed by atoms with Crippen LogP contribution >= 0.6 is 0 Å². The lowest BCUT2D eigenvalue weighted by Gasteiger charge is -2.18. The summed E-state index contributed by atoms with van der Waals surface area (Å²) in [6.45, 7) is 3.85. The summed E-state index contributed by atoms with van der Waals surface area (Å²) in [5, 5.41) is -0.484. The largest absolute Gasteiger partial charge is 0.294 e. The van der Waals surface area contributed by atoms with Crippen molar-refractivity contribution in [3.05, 3.63) is 35.6 Å². The minimum atomic E-state index is -3.31. The maximum atomic E-state index is 12.8. The maximum Gasteiger partial charge on any atom is 0.216 e. The Morgan fingerprint density at radius 2 is 1.90 bits per heavy atom. The van der Waals surface area contributed by atoms with Crippen LogP contribution in [0.2, 0.25) is 0 Å². The second-order valence-electron chi connectivity index (χ2n) is 5.31. The molecule has 6 heteroatoms. The van der Waals surface area contributed by atoms with E-state index >= 15 is 0 Å². The molecule has 0 bridgehead atoms. The van der Waals surface area contributed by atoms with E-state index in [2.05, 4.69) is 0 Å². The Bertz CT molecular complexity index is 595. The zero-order chi connectivity index (χ0) is 14.9. The Hall–Kier alpha value is -1.27. The molecule has 1 heterocycles. The molecule has 0 N–H and O–H groups in total. The predicted molar refractivity (Wildman–Crippen MR) is 74.5 cm³/mol. The molecule has 0 spiro atoms. The van der Waals surface area contributed by atoms with Gasteiger partial charge >= 0.3 is 0 Å². The predicted octanol–water partition coefficient (Wildman–Crippen LogP) is 2.07. The number of benzene rings is 1. The second kappa shape index (κ2) is 5.61. The molecule has 1 aromatic carbocycles. The molecular weight excluding hydrogens is 281 g/mol. The van der Waals surface area contributed by atoms with Crippen molar-refractivity contribution in [2.24, 2.45) is 5.92 Å². The molecular formula is C14H18FNO3S. The summed E-state index contributed by atoms with van der Waals surface area (Å²) in [7, 11) is -3.31. The Morgan fingerprint density at radius 1 is 1.30 bits per heavy atom. The summed E-state index contributed by atoms with van der Waals surface area (Å²) < 4.78 is 38.3. The number of sulfonamides is 1. The highest BCUT2D eigenvalue weighted by Crippen LogP contribution is 2.25. The zero-order valence-corrected chi connectivity index (χ0v) is 12.4. The Kier molecular flexibility index (Phi) is 4.25. The van der Waals surface area contributed by atoms with E-state index < -0.39 is 21.1 Å². The summed E-state index contributed by atoms with van der Waals surface area (Å²) in [5.41, 5.74) is 0.431. The lowest BCUT2D eigenvalue weighted by Crippen LogP contribution is -2.35. The summed E-state index contributed by atoms with van der Waals surface area (Å²) in [6, 6.07) is 5.37. The third-order valence-electron chi connectivity index (χ3n) is 3.61. The second-order valence-corrected chi connectivity index (χ2v) is 7.80. The normalized spacial score (nSPS) is 20.5. The quantitative estimate of drug-likeness (QED) is 0.800. The SMILES string of the molecule is CC(C)S(=O)(=O)N1CC[C@H](C(=O)c2ccc(F)cc2)C1.